The van der Waals surface area contributed by atoms with Gasteiger partial charge in [-0.05, 0) is 24.6 Å². The molecule has 0 radical (unpaired) electrons. The second-order valence-electron chi connectivity index (χ2n) is 7.08. The third-order valence-corrected chi connectivity index (χ3v) is 4.76. The quantitative estimate of drug-likeness (QED) is 0.710. The van der Waals surface area contributed by atoms with E-state index in [1.54, 1.807) is 6.20 Å². The lowest BCUT2D eigenvalue weighted by molar-refractivity contribution is 0.0926. The van der Waals surface area contributed by atoms with E-state index in [1.807, 2.05) is 54.1 Å². The molecule has 0 saturated heterocycles. The Hall–Kier alpha value is -3.06. The van der Waals surface area contributed by atoms with Crippen molar-refractivity contribution in [3.05, 3.63) is 59.8 Å². The molecule has 0 aliphatic carbocycles. The van der Waals surface area contributed by atoms with Crippen molar-refractivity contribution >= 4 is 17.0 Å². The molecule has 2 N–H and O–H groups in total. The Morgan fingerprint density at radius 1 is 1.36 bits per heavy atom. The van der Waals surface area contributed by atoms with Gasteiger partial charge in [-0.25, -0.2) is 4.79 Å². The minimum atomic E-state index is -0.523. The Morgan fingerprint density at radius 3 is 3.00 bits per heavy atom. The minimum Gasteiger partial charge on any atom is -0.491 e. The number of benzene rings is 2. The molecule has 1 aliphatic heterocycles. The molecule has 1 amide bonds. The van der Waals surface area contributed by atoms with Gasteiger partial charge < -0.3 is 19.9 Å². The molecular weight excluding hydrogens is 358 g/mol. The van der Waals surface area contributed by atoms with Gasteiger partial charge in [0, 0.05) is 23.4 Å². The average Bonchev–Trinajstić information content (AvgIpc) is 3.10. The second-order valence-corrected chi connectivity index (χ2v) is 7.08. The van der Waals surface area contributed by atoms with E-state index < -0.39 is 12.2 Å². The molecule has 0 fully saturated rings. The van der Waals surface area contributed by atoms with Gasteiger partial charge in [0.15, 0.2) is 0 Å². The van der Waals surface area contributed by atoms with Crippen LogP contribution in [0.25, 0.3) is 10.9 Å². The van der Waals surface area contributed by atoms with Crippen molar-refractivity contribution in [2.75, 3.05) is 6.61 Å². The van der Waals surface area contributed by atoms with Crippen LogP contribution in [0.4, 0.5) is 4.79 Å². The van der Waals surface area contributed by atoms with E-state index in [0.29, 0.717) is 19.6 Å². The fourth-order valence-corrected chi connectivity index (χ4v) is 3.46. The monoisotopic (exact) mass is 381 g/mol. The van der Waals surface area contributed by atoms with Crippen LogP contribution in [0.5, 0.6) is 5.75 Å². The van der Waals surface area contributed by atoms with Gasteiger partial charge in [0.05, 0.1) is 24.4 Å². The summed E-state index contributed by atoms with van der Waals surface area (Å²) in [6, 6.07) is 13.2. The zero-order valence-electron chi connectivity index (χ0n) is 15.7. The summed E-state index contributed by atoms with van der Waals surface area (Å²) in [6.07, 6.45) is 1.33. The van der Waals surface area contributed by atoms with Crippen molar-refractivity contribution in [1.29, 1.82) is 0 Å². The molecule has 3 aromatic rings. The maximum Gasteiger partial charge on any atom is 0.407 e. The zero-order chi connectivity index (χ0) is 19.5. The first-order valence-electron chi connectivity index (χ1n) is 9.35. The van der Waals surface area contributed by atoms with E-state index in [1.165, 1.54) is 0 Å². The molecule has 2 atom stereocenters. The van der Waals surface area contributed by atoms with Crippen molar-refractivity contribution in [1.82, 2.24) is 15.1 Å². The first-order valence-corrected chi connectivity index (χ1v) is 9.35. The number of alkyl carbamates (subject to hydrolysis) is 1. The highest BCUT2D eigenvalue weighted by Gasteiger charge is 2.23. The molecule has 0 saturated carbocycles. The molecule has 2 aromatic carbocycles. The van der Waals surface area contributed by atoms with Crippen LogP contribution in [0.1, 0.15) is 18.1 Å². The summed E-state index contributed by atoms with van der Waals surface area (Å²) in [5.74, 6) is 0.780. The summed E-state index contributed by atoms with van der Waals surface area (Å²) in [5, 5.41) is 18.2. The van der Waals surface area contributed by atoms with Crippen molar-refractivity contribution in [2.24, 2.45) is 0 Å². The third-order valence-electron chi connectivity index (χ3n) is 4.76. The van der Waals surface area contributed by atoms with Gasteiger partial charge in [0.2, 0.25) is 0 Å². The molecule has 7 nitrogen and oxygen atoms in total. The van der Waals surface area contributed by atoms with E-state index in [4.69, 9.17) is 9.47 Å². The average molecular weight is 381 g/mol. The maximum atomic E-state index is 12.1. The molecular formula is C21H23N3O4. The van der Waals surface area contributed by atoms with E-state index in [9.17, 15) is 9.90 Å². The number of aliphatic hydroxyl groups excluding tert-OH is 1. The molecule has 2 heterocycles. The zero-order valence-corrected chi connectivity index (χ0v) is 15.7. The van der Waals surface area contributed by atoms with Crippen LogP contribution in [-0.4, -0.2) is 39.7 Å². The fourth-order valence-electron chi connectivity index (χ4n) is 3.46. The van der Waals surface area contributed by atoms with Crippen LogP contribution in [0.2, 0.25) is 0 Å². The van der Waals surface area contributed by atoms with E-state index in [-0.39, 0.29) is 12.6 Å². The van der Waals surface area contributed by atoms with Crippen molar-refractivity contribution in [2.45, 2.75) is 38.6 Å². The molecule has 28 heavy (non-hydrogen) atoms. The van der Waals surface area contributed by atoms with Crippen LogP contribution in [0.15, 0.2) is 48.7 Å². The van der Waals surface area contributed by atoms with Gasteiger partial charge >= 0.3 is 6.09 Å². The Kier molecular flexibility index (Phi) is 5.16. The summed E-state index contributed by atoms with van der Waals surface area (Å²) < 4.78 is 12.8. The van der Waals surface area contributed by atoms with Crippen molar-refractivity contribution < 1.29 is 19.4 Å². The number of aliphatic hydroxyl groups is 1. The van der Waals surface area contributed by atoms with Gasteiger partial charge in [0.1, 0.15) is 19.0 Å². The number of fused-ring (bicyclic) bond motifs is 3. The number of nitrogens with zero attached hydrogens (tertiary/aromatic N) is 2. The first-order chi connectivity index (χ1) is 13.6. The fraction of sp³-hybridized carbons (Fsp3) is 0.333. The van der Waals surface area contributed by atoms with Gasteiger partial charge in [-0.2, -0.15) is 5.10 Å². The normalized spacial score (nSPS) is 16.9. The SMILES string of the molecule is CC(Cn1ncc2ccc3c(c21)CC(O)CO3)NC(=O)OCc1ccccc1. The number of amides is 1. The lowest BCUT2D eigenvalue weighted by atomic mass is 10.0. The molecule has 1 aromatic heterocycles. The van der Waals surface area contributed by atoms with E-state index in [2.05, 4.69) is 10.4 Å². The Morgan fingerprint density at radius 2 is 2.18 bits per heavy atom. The van der Waals surface area contributed by atoms with Gasteiger partial charge in [-0.15, -0.1) is 0 Å². The molecule has 2 unspecified atom stereocenters. The summed E-state index contributed by atoms with van der Waals surface area (Å²) >= 11 is 0. The first kappa shape index (κ1) is 18.3. The highest BCUT2D eigenvalue weighted by molar-refractivity contribution is 5.84. The van der Waals surface area contributed by atoms with E-state index in [0.717, 1.165) is 27.8 Å². The maximum absolute atomic E-state index is 12.1. The number of hydrogen-bond donors (Lipinski definition) is 2. The number of carbonyl (C=O) groups is 1. The highest BCUT2D eigenvalue weighted by atomic mass is 16.5. The predicted octanol–water partition coefficient (Wildman–Crippen LogP) is 2.65. The summed E-state index contributed by atoms with van der Waals surface area (Å²) in [6.45, 7) is 2.92. The van der Waals surface area contributed by atoms with Gasteiger partial charge in [-0.1, -0.05) is 30.3 Å². The molecule has 4 rings (SSSR count). The van der Waals surface area contributed by atoms with Crippen LogP contribution in [0, 0.1) is 0 Å². The molecule has 7 heteroatoms. The number of nitrogens with one attached hydrogen (secondary N) is 1. The predicted molar refractivity (Wildman–Crippen MR) is 104 cm³/mol. The summed E-state index contributed by atoms with van der Waals surface area (Å²) in [7, 11) is 0. The lowest BCUT2D eigenvalue weighted by Gasteiger charge is -2.23. The number of rotatable bonds is 5. The van der Waals surface area contributed by atoms with Crippen LogP contribution in [0.3, 0.4) is 0 Å². The molecule has 1 aliphatic rings. The van der Waals surface area contributed by atoms with Crippen molar-refractivity contribution in [3.63, 3.8) is 0 Å². The molecule has 0 bridgehead atoms. The molecule has 0 spiro atoms. The highest BCUT2D eigenvalue weighted by Crippen LogP contribution is 2.32. The smallest absolute Gasteiger partial charge is 0.407 e. The number of ether oxygens (including phenoxy) is 2. The Balaban J connectivity index is 1.42. The van der Waals surface area contributed by atoms with Crippen molar-refractivity contribution in [3.8, 4) is 5.75 Å². The van der Waals surface area contributed by atoms with Crippen LogP contribution >= 0.6 is 0 Å². The number of hydrogen-bond acceptors (Lipinski definition) is 5. The number of carbonyl (C=O) groups excluding carboxylic acids is 1. The lowest BCUT2D eigenvalue weighted by Crippen LogP contribution is -2.36. The summed E-state index contributed by atoms with van der Waals surface area (Å²) in [5.41, 5.74) is 2.82. The second kappa shape index (κ2) is 7.90. The standard InChI is InChI=1S/C21H23N3O4/c1-14(23-21(26)28-12-15-5-3-2-4-6-15)11-24-20-16(10-22-24)7-8-19-18(20)9-17(25)13-27-19/h2-8,10,14,17,25H,9,11-13H2,1H3,(H,23,26). The van der Waals surface area contributed by atoms with Crippen LogP contribution < -0.4 is 10.1 Å². The summed E-state index contributed by atoms with van der Waals surface area (Å²) in [4.78, 5) is 12.1. The molecule has 146 valence electrons. The van der Waals surface area contributed by atoms with Gasteiger partial charge in [-0.3, -0.25) is 4.68 Å². The van der Waals surface area contributed by atoms with Crippen LogP contribution in [-0.2, 0) is 24.3 Å². The van der Waals surface area contributed by atoms with Gasteiger partial charge in [0.25, 0.3) is 0 Å². The Labute approximate surface area is 162 Å². The topological polar surface area (TPSA) is 85.6 Å². The Bertz CT molecular complexity index is 970. The van der Waals surface area contributed by atoms with E-state index >= 15 is 0 Å². The third kappa shape index (κ3) is 3.94. The minimum absolute atomic E-state index is 0.184. The largest absolute Gasteiger partial charge is 0.491 e. The number of aromatic nitrogens is 2.